The van der Waals surface area contributed by atoms with Gasteiger partial charge in [-0.2, -0.15) is 0 Å². The molecule has 1 unspecified atom stereocenters. The highest BCUT2D eigenvalue weighted by Gasteiger charge is 2.42. The Labute approximate surface area is 161 Å². The van der Waals surface area contributed by atoms with E-state index < -0.39 is 26.1 Å². The van der Waals surface area contributed by atoms with Crippen molar-refractivity contribution in [1.29, 1.82) is 0 Å². The lowest BCUT2D eigenvalue weighted by Crippen LogP contribution is -2.35. The molecular formula is C18H19ClO5S2. The summed E-state index contributed by atoms with van der Waals surface area (Å²) < 4.78 is 24.7. The van der Waals surface area contributed by atoms with Gasteiger partial charge in [0.1, 0.15) is 10.5 Å². The number of halogens is 1. The first kappa shape index (κ1) is 19.6. The summed E-state index contributed by atoms with van der Waals surface area (Å²) in [5.74, 6) is -1.97. The Bertz CT molecular complexity index is 875. The zero-order chi connectivity index (χ0) is 19.1. The highest BCUT2D eigenvalue weighted by Crippen LogP contribution is 2.42. The smallest absolute Gasteiger partial charge is 0.191 e. The maximum absolute atomic E-state index is 12.8. The first-order valence-corrected chi connectivity index (χ1v) is 11.5. The third kappa shape index (κ3) is 3.25. The van der Waals surface area contributed by atoms with Crippen LogP contribution in [-0.2, 0) is 25.8 Å². The molecule has 1 fully saturated rings. The minimum atomic E-state index is -3.50. The molecule has 140 valence electrons. The van der Waals surface area contributed by atoms with E-state index in [9.17, 15) is 22.8 Å². The van der Waals surface area contributed by atoms with E-state index >= 15 is 0 Å². The number of hydrogen-bond acceptors (Lipinski definition) is 6. The van der Waals surface area contributed by atoms with Crippen molar-refractivity contribution in [3.63, 3.8) is 0 Å². The zero-order valence-electron chi connectivity index (χ0n) is 14.3. The summed E-state index contributed by atoms with van der Waals surface area (Å²) in [5.41, 5.74) is 0.484. The summed E-state index contributed by atoms with van der Waals surface area (Å²) in [5, 5.41) is 0.0573. The Morgan fingerprint density at radius 1 is 1.23 bits per heavy atom. The van der Waals surface area contributed by atoms with E-state index in [-0.39, 0.29) is 46.3 Å². The molecule has 0 bridgehead atoms. The van der Waals surface area contributed by atoms with Crippen LogP contribution >= 0.6 is 23.4 Å². The first-order chi connectivity index (χ1) is 12.3. The summed E-state index contributed by atoms with van der Waals surface area (Å²) in [6.07, 6.45) is 1.96. The second kappa shape index (κ2) is 7.44. The van der Waals surface area contributed by atoms with Gasteiger partial charge in [0.15, 0.2) is 27.2 Å². The van der Waals surface area contributed by atoms with Gasteiger partial charge >= 0.3 is 0 Å². The van der Waals surface area contributed by atoms with Crippen molar-refractivity contribution in [2.75, 3.05) is 5.75 Å². The van der Waals surface area contributed by atoms with Gasteiger partial charge in [-0.1, -0.05) is 18.5 Å². The summed E-state index contributed by atoms with van der Waals surface area (Å²) >= 11 is 7.73. The number of thioether (sulfide) groups is 1. The fourth-order valence-electron chi connectivity index (χ4n) is 3.42. The highest BCUT2D eigenvalue weighted by atomic mass is 35.5. The number of Topliss-reactive ketones (excluding diaryl/α,β-unsaturated/α-hetero) is 3. The molecule has 1 aromatic rings. The fourth-order valence-corrected chi connectivity index (χ4v) is 7.37. The van der Waals surface area contributed by atoms with Crippen LogP contribution in [0.1, 0.15) is 48.5 Å². The molecule has 2 aliphatic rings. The van der Waals surface area contributed by atoms with Crippen LogP contribution in [0.2, 0.25) is 5.02 Å². The zero-order valence-corrected chi connectivity index (χ0v) is 16.7. The molecule has 3 rings (SSSR count). The lowest BCUT2D eigenvalue weighted by atomic mass is 9.81. The van der Waals surface area contributed by atoms with Gasteiger partial charge in [0.05, 0.1) is 9.92 Å². The van der Waals surface area contributed by atoms with Crippen molar-refractivity contribution in [3.05, 3.63) is 28.3 Å². The number of sulfone groups is 1. The molecule has 0 radical (unpaired) electrons. The van der Waals surface area contributed by atoms with Gasteiger partial charge in [-0.15, -0.1) is 11.8 Å². The van der Waals surface area contributed by atoms with Crippen LogP contribution in [0.3, 0.4) is 0 Å². The Morgan fingerprint density at radius 2 is 1.88 bits per heavy atom. The van der Waals surface area contributed by atoms with Crippen molar-refractivity contribution < 1.29 is 22.8 Å². The normalized spacial score (nSPS) is 22.5. The van der Waals surface area contributed by atoms with E-state index in [0.29, 0.717) is 17.7 Å². The van der Waals surface area contributed by atoms with Gasteiger partial charge in [0.25, 0.3) is 0 Å². The Hall–Kier alpha value is -1.18. The van der Waals surface area contributed by atoms with E-state index in [4.69, 9.17) is 11.6 Å². The maximum Gasteiger partial charge on any atom is 0.191 e. The number of fused-ring (bicyclic) bond motifs is 1. The topological polar surface area (TPSA) is 85.3 Å². The molecule has 1 aliphatic heterocycles. The minimum absolute atomic E-state index is 0.0573. The fraction of sp³-hybridized carbons (Fsp3) is 0.500. The molecule has 0 N–H and O–H groups in total. The summed E-state index contributed by atoms with van der Waals surface area (Å²) in [6, 6.07) is 2.72. The monoisotopic (exact) mass is 414 g/mol. The molecule has 0 spiro atoms. The standard InChI is InChI=1S/C18H19ClO5S2/c1-2-8-25-15-9-11-14(26(15,23)24)7-6-10(17(11)19)18(22)16-12(20)4-3-5-13(16)21/h6-7,15-16H,2-5,8-9H2,1H3. The van der Waals surface area contributed by atoms with Crippen molar-refractivity contribution in [3.8, 4) is 0 Å². The lowest BCUT2D eigenvalue weighted by Gasteiger charge is -2.19. The Morgan fingerprint density at radius 3 is 2.50 bits per heavy atom. The van der Waals surface area contributed by atoms with Gasteiger partial charge in [0, 0.05) is 24.8 Å². The molecule has 1 saturated carbocycles. The summed E-state index contributed by atoms with van der Waals surface area (Å²) in [7, 11) is -3.50. The predicted molar refractivity (Wildman–Crippen MR) is 101 cm³/mol. The predicted octanol–water partition coefficient (Wildman–Crippen LogP) is 3.26. The van der Waals surface area contributed by atoms with E-state index in [1.165, 1.54) is 23.9 Å². The van der Waals surface area contributed by atoms with Crippen molar-refractivity contribution in [2.24, 2.45) is 5.92 Å². The molecule has 5 nitrogen and oxygen atoms in total. The second-order valence-corrected chi connectivity index (χ2v) is 10.6. The van der Waals surface area contributed by atoms with Crippen molar-refractivity contribution in [1.82, 2.24) is 0 Å². The molecule has 26 heavy (non-hydrogen) atoms. The second-order valence-electron chi connectivity index (χ2n) is 6.54. The first-order valence-electron chi connectivity index (χ1n) is 8.55. The molecular weight excluding hydrogens is 396 g/mol. The van der Waals surface area contributed by atoms with Gasteiger partial charge in [-0.05, 0) is 36.3 Å². The number of benzene rings is 1. The molecule has 1 atom stereocenters. The van der Waals surface area contributed by atoms with Crippen LogP contribution in [0, 0.1) is 5.92 Å². The molecule has 0 amide bonds. The number of rotatable bonds is 5. The Balaban J connectivity index is 1.98. The maximum atomic E-state index is 12.8. The number of hydrogen-bond donors (Lipinski definition) is 0. The summed E-state index contributed by atoms with van der Waals surface area (Å²) in [4.78, 5) is 37.0. The van der Waals surface area contributed by atoms with Crippen molar-refractivity contribution in [2.45, 2.75) is 48.5 Å². The molecule has 0 saturated heterocycles. The highest BCUT2D eigenvalue weighted by molar-refractivity contribution is 8.13. The molecule has 1 heterocycles. The van der Waals surface area contributed by atoms with Crippen molar-refractivity contribution >= 4 is 50.5 Å². The SMILES string of the molecule is CCCSC1Cc2c(ccc(C(=O)C3C(=O)CCCC3=O)c2Cl)S1(=O)=O. The third-order valence-electron chi connectivity index (χ3n) is 4.75. The van der Waals surface area contributed by atoms with Gasteiger partial charge in [0.2, 0.25) is 0 Å². The average Bonchev–Trinajstić information content (AvgIpc) is 2.84. The Kier molecular flexibility index (Phi) is 5.61. The van der Waals surface area contributed by atoms with Crippen LogP contribution in [0.5, 0.6) is 0 Å². The quantitative estimate of drug-likeness (QED) is 0.543. The van der Waals surface area contributed by atoms with Crippen LogP contribution in [0.25, 0.3) is 0 Å². The number of ketones is 3. The van der Waals surface area contributed by atoms with E-state index in [0.717, 1.165) is 6.42 Å². The largest absolute Gasteiger partial charge is 0.298 e. The van der Waals surface area contributed by atoms with Crippen LogP contribution in [0.4, 0.5) is 0 Å². The van der Waals surface area contributed by atoms with E-state index in [2.05, 4.69) is 0 Å². The summed E-state index contributed by atoms with van der Waals surface area (Å²) in [6.45, 7) is 1.98. The van der Waals surface area contributed by atoms with Gasteiger partial charge < -0.3 is 0 Å². The number of carbonyl (C=O) groups is 3. The van der Waals surface area contributed by atoms with E-state index in [1.54, 1.807) is 0 Å². The van der Waals surface area contributed by atoms with E-state index in [1.807, 2.05) is 6.92 Å². The lowest BCUT2D eigenvalue weighted by molar-refractivity contribution is -0.133. The molecule has 1 aliphatic carbocycles. The van der Waals surface area contributed by atoms with Gasteiger partial charge in [-0.25, -0.2) is 8.42 Å². The van der Waals surface area contributed by atoms with Crippen LogP contribution in [-0.4, -0.2) is 36.1 Å². The minimum Gasteiger partial charge on any atom is -0.298 e. The molecule has 8 heteroatoms. The van der Waals surface area contributed by atoms with Crippen LogP contribution in [0.15, 0.2) is 17.0 Å². The molecule has 1 aromatic carbocycles. The van der Waals surface area contributed by atoms with Crippen LogP contribution < -0.4 is 0 Å². The van der Waals surface area contributed by atoms with Gasteiger partial charge in [-0.3, -0.25) is 14.4 Å². The third-order valence-corrected chi connectivity index (χ3v) is 9.39. The number of carbonyl (C=O) groups excluding carboxylic acids is 3. The average molecular weight is 415 g/mol. The molecule has 0 aromatic heterocycles.